The highest BCUT2D eigenvalue weighted by Gasteiger charge is 2.20. The summed E-state index contributed by atoms with van der Waals surface area (Å²) in [4.78, 5) is 17.7. The van der Waals surface area contributed by atoms with Crippen molar-refractivity contribution in [1.82, 2.24) is 4.98 Å². The van der Waals surface area contributed by atoms with E-state index in [-0.39, 0.29) is 24.7 Å². The van der Waals surface area contributed by atoms with E-state index < -0.39 is 0 Å². The van der Waals surface area contributed by atoms with Crippen LogP contribution < -0.4 is 15.4 Å². The maximum atomic E-state index is 12.8. The predicted octanol–water partition coefficient (Wildman–Crippen LogP) is 7.78. The van der Waals surface area contributed by atoms with Gasteiger partial charge in [0.1, 0.15) is 5.75 Å². The Morgan fingerprint density at radius 2 is 1.81 bits per heavy atom. The van der Waals surface area contributed by atoms with Crippen molar-refractivity contribution in [3.05, 3.63) is 87.5 Å². The number of methoxy groups -OCH3 is 1. The van der Waals surface area contributed by atoms with Gasteiger partial charge in [0.05, 0.1) is 40.5 Å². The minimum atomic E-state index is -0.132. The zero-order valence-electron chi connectivity index (χ0n) is 19.7. The highest BCUT2D eigenvalue weighted by atomic mass is 35.5. The molecule has 0 fully saturated rings. The average Bonchev–Trinajstić information content (AvgIpc) is 2.86. The molecule has 1 heterocycles. The van der Waals surface area contributed by atoms with Crippen LogP contribution in [0.2, 0.25) is 10.0 Å². The number of hydrogen-bond donors (Lipinski definition) is 2. The van der Waals surface area contributed by atoms with E-state index in [1.165, 1.54) is 5.56 Å². The molecule has 8 heteroatoms. The lowest BCUT2D eigenvalue weighted by molar-refractivity contribution is -0.115. The maximum Gasteiger partial charge on any atom is 0.228 e. The Bertz CT molecular complexity index is 1430. The van der Waals surface area contributed by atoms with E-state index >= 15 is 0 Å². The lowest BCUT2D eigenvalue weighted by Crippen LogP contribution is -2.14. The molecule has 0 bridgehead atoms. The van der Waals surface area contributed by atoms with E-state index in [0.717, 1.165) is 65.0 Å². The number of benzene rings is 3. The second kappa shape index (κ2) is 11.4. The fourth-order valence-electron chi connectivity index (χ4n) is 4.57. The normalized spacial score (nSPS) is 12.4. The first-order valence-electron chi connectivity index (χ1n) is 11.6. The van der Waals surface area contributed by atoms with Crippen LogP contribution in [-0.2, 0) is 24.1 Å². The van der Waals surface area contributed by atoms with Gasteiger partial charge < -0.3 is 15.4 Å². The molecule has 0 unspecified atom stereocenters. The number of carbonyl (C=O) groups excluding carboxylic acids is 1. The molecule has 1 aliphatic carbocycles. The Morgan fingerprint density at radius 3 is 2.61 bits per heavy atom. The largest absolute Gasteiger partial charge is 0.495 e. The van der Waals surface area contributed by atoms with Crippen LogP contribution in [0.1, 0.15) is 29.7 Å². The molecular formula is C28H26Cl3N3O2. The average molecular weight is 543 g/mol. The zero-order valence-corrected chi connectivity index (χ0v) is 22.1. The molecule has 4 aromatic rings. The summed E-state index contributed by atoms with van der Waals surface area (Å²) in [5.74, 6) is 0.640. The number of halogens is 3. The van der Waals surface area contributed by atoms with E-state index in [1.807, 2.05) is 42.5 Å². The van der Waals surface area contributed by atoms with Crippen molar-refractivity contribution in [3.63, 3.8) is 0 Å². The molecular weight excluding hydrogens is 517 g/mol. The second-order valence-electron chi connectivity index (χ2n) is 8.65. The Morgan fingerprint density at radius 1 is 1.00 bits per heavy atom. The standard InChI is InChI=1S/C28H25Cl2N3O2.ClH/c1-35-26-9-5-4-8-25(26)33-28-19-6-2-3-7-23(19)32-24-13-11-18(16-20(24)28)31-27(34)15-17-10-12-21(29)22(30)14-17;/h4-5,8-14,16H,2-3,6-7,15H2,1H3,(H,31,34)(H,32,33);1H. The lowest BCUT2D eigenvalue weighted by atomic mass is 9.92. The van der Waals surface area contributed by atoms with Crippen molar-refractivity contribution in [3.8, 4) is 5.75 Å². The van der Waals surface area contributed by atoms with Gasteiger partial charge in [-0.25, -0.2) is 0 Å². The van der Waals surface area contributed by atoms with E-state index in [1.54, 1.807) is 25.3 Å². The van der Waals surface area contributed by atoms with Crippen molar-refractivity contribution >= 4 is 69.5 Å². The highest BCUT2D eigenvalue weighted by molar-refractivity contribution is 6.42. The van der Waals surface area contributed by atoms with Gasteiger partial charge in [-0.3, -0.25) is 9.78 Å². The molecule has 5 rings (SSSR count). The van der Waals surface area contributed by atoms with Crippen molar-refractivity contribution < 1.29 is 9.53 Å². The minimum absolute atomic E-state index is 0. The first-order chi connectivity index (χ1) is 17.0. The molecule has 0 saturated carbocycles. The number of rotatable bonds is 6. The van der Waals surface area contributed by atoms with E-state index in [0.29, 0.717) is 15.7 Å². The number of aryl methyl sites for hydroxylation is 1. The van der Waals surface area contributed by atoms with Gasteiger partial charge in [-0.15, -0.1) is 12.4 Å². The Labute approximate surface area is 226 Å². The summed E-state index contributed by atoms with van der Waals surface area (Å²) in [7, 11) is 1.67. The lowest BCUT2D eigenvalue weighted by Gasteiger charge is -2.23. The fraction of sp³-hybridized carbons (Fsp3) is 0.214. The molecule has 36 heavy (non-hydrogen) atoms. The number of amides is 1. The van der Waals surface area contributed by atoms with Crippen LogP contribution in [0.25, 0.3) is 10.9 Å². The molecule has 5 nitrogen and oxygen atoms in total. The molecule has 1 amide bonds. The van der Waals surface area contributed by atoms with Gasteiger partial charge in [0, 0.05) is 16.8 Å². The molecule has 0 saturated heterocycles. The number of carbonyl (C=O) groups is 1. The van der Waals surface area contributed by atoms with Crippen LogP contribution in [0.5, 0.6) is 5.75 Å². The number of para-hydroxylation sites is 2. The maximum absolute atomic E-state index is 12.8. The Kier molecular flexibility index (Phi) is 8.24. The van der Waals surface area contributed by atoms with Crippen LogP contribution in [0, 0.1) is 0 Å². The number of aromatic nitrogens is 1. The van der Waals surface area contributed by atoms with Gasteiger partial charge in [0.15, 0.2) is 0 Å². The van der Waals surface area contributed by atoms with Crippen molar-refractivity contribution in [1.29, 1.82) is 0 Å². The van der Waals surface area contributed by atoms with E-state index in [2.05, 4.69) is 10.6 Å². The summed E-state index contributed by atoms with van der Waals surface area (Å²) in [6, 6.07) is 18.9. The Balaban J connectivity index is 0.00000304. The number of pyridine rings is 1. The molecule has 0 radical (unpaired) electrons. The highest BCUT2D eigenvalue weighted by Crippen LogP contribution is 2.38. The third kappa shape index (κ3) is 5.54. The third-order valence-corrected chi connectivity index (χ3v) is 7.00. The summed E-state index contributed by atoms with van der Waals surface area (Å²) >= 11 is 12.1. The summed E-state index contributed by atoms with van der Waals surface area (Å²) in [6.07, 6.45) is 4.39. The molecule has 0 aliphatic heterocycles. The molecule has 3 aromatic carbocycles. The van der Waals surface area contributed by atoms with E-state index in [4.69, 9.17) is 32.9 Å². The predicted molar refractivity (Wildman–Crippen MR) is 151 cm³/mol. The molecule has 1 aliphatic rings. The summed E-state index contributed by atoms with van der Waals surface area (Å²) in [6.45, 7) is 0. The van der Waals surface area contributed by atoms with Gasteiger partial charge in [0.25, 0.3) is 0 Å². The summed E-state index contributed by atoms with van der Waals surface area (Å²) in [5.41, 5.74) is 6.69. The molecule has 0 atom stereocenters. The fourth-order valence-corrected chi connectivity index (χ4v) is 4.89. The SMILES string of the molecule is COc1ccccc1Nc1c2c(nc3ccc(NC(=O)Cc4ccc(Cl)c(Cl)c4)cc13)CCCC2.Cl. The number of nitrogens with zero attached hydrogens (tertiary/aromatic N) is 1. The molecule has 2 N–H and O–H groups in total. The second-order valence-corrected chi connectivity index (χ2v) is 9.46. The van der Waals surface area contributed by atoms with Crippen LogP contribution in [-0.4, -0.2) is 18.0 Å². The molecule has 0 spiro atoms. The first-order valence-corrected chi connectivity index (χ1v) is 12.4. The number of nitrogens with one attached hydrogen (secondary N) is 2. The monoisotopic (exact) mass is 541 g/mol. The van der Waals surface area contributed by atoms with Crippen LogP contribution >= 0.6 is 35.6 Å². The summed E-state index contributed by atoms with van der Waals surface area (Å²) < 4.78 is 5.57. The quantitative estimate of drug-likeness (QED) is 0.261. The van der Waals surface area contributed by atoms with E-state index in [9.17, 15) is 4.79 Å². The van der Waals surface area contributed by atoms with Crippen molar-refractivity contribution in [2.24, 2.45) is 0 Å². The topological polar surface area (TPSA) is 63.2 Å². The Hall–Kier alpha value is -2.99. The van der Waals surface area contributed by atoms with Gasteiger partial charge >= 0.3 is 0 Å². The minimum Gasteiger partial charge on any atom is -0.495 e. The molecule has 186 valence electrons. The first kappa shape index (κ1) is 26.1. The summed E-state index contributed by atoms with van der Waals surface area (Å²) in [5, 5.41) is 8.50. The number of anilines is 3. The number of hydrogen-bond acceptors (Lipinski definition) is 4. The van der Waals surface area contributed by atoms with Crippen molar-refractivity contribution in [2.75, 3.05) is 17.7 Å². The van der Waals surface area contributed by atoms with Crippen LogP contribution in [0.4, 0.5) is 17.1 Å². The van der Waals surface area contributed by atoms with Crippen LogP contribution in [0.3, 0.4) is 0 Å². The van der Waals surface area contributed by atoms with Gasteiger partial charge in [-0.05, 0) is 79.3 Å². The smallest absolute Gasteiger partial charge is 0.228 e. The van der Waals surface area contributed by atoms with Gasteiger partial charge in [-0.1, -0.05) is 41.4 Å². The number of ether oxygens (including phenoxy) is 1. The van der Waals surface area contributed by atoms with Crippen molar-refractivity contribution in [2.45, 2.75) is 32.1 Å². The van der Waals surface area contributed by atoms with Gasteiger partial charge in [-0.2, -0.15) is 0 Å². The number of fused-ring (bicyclic) bond motifs is 2. The van der Waals surface area contributed by atoms with Crippen LogP contribution in [0.15, 0.2) is 60.7 Å². The zero-order chi connectivity index (χ0) is 24.4. The van der Waals surface area contributed by atoms with Gasteiger partial charge in [0.2, 0.25) is 5.91 Å². The molecule has 1 aromatic heterocycles. The third-order valence-electron chi connectivity index (χ3n) is 6.26.